The van der Waals surface area contributed by atoms with Crippen LogP contribution in [0.25, 0.3) is 0 Å². The van der Waals surface area contributed by atoms with Crippen molar-refractivity contribution in [1.29, 1.82) is 0 Å². The summed E-state index contributed by atoms with van der Waals surface area (Å²) < 4.78 is 0. The van der Waals surface area contributed by atoms with E-state index in [0.717, 1.165) is 12.8 Å². The van der Waals surface area contributed by atoms with Gasteiger partial charge in [-0.2, -0.15) is 0 Å². The first-order valence-corrected chi connectivity index (χ1v) is 9.69. The molecule has 0 radical (unpaired) electrons. The Balaban J connectivity index is 1.93. The minimum absolute atomic E-state index is 0.0898. The molecular weight excluding hydrogens is 318 g/mol. The standard InChI is InChI=1S/C24H33NO/c1-18(2)17-22(20-9-7-6-8-10-20)25-23(26)16-13-19-11-14-21(15-12-19)24(3,4)5/h6-12,14-15,18,22H,13,16-17H2,1-5H3,(H,25,26)/t22-/m1/s1. The number of nitrogens with one attached hydrogen (secondary N) is 1. The third kappa shape index (κ3) is 6.33. The molecule has 0 heterocycles. The fourth-order valence-corrected chi connectivity index (χ4v) is 3.13. The normalized spacial score (nSPS) is 12.8. The van der Waals surface area contributed by atoms with Gasteiger partial charge in [-0.05, 0) is 40.9 Å². The highest BCUT2D eigenvalue weighted by atomic mass is 16.1. The second kappa shape index (κ2) is 9.02. The number of benzene rings is 2. The lowest BCUT2D eigenvalue weighted by molar-refractivity contribution is -0.121. The van der Waals surface area contributed by atoms with Gasteiger partial charge >= 0.3 is 0 Å². The number of carbonyl (C=O) groups is 1. The van der Waals surface area contributed by atoms with Gasteiger partial charge in [0.15, 0.2) is 0 Å². The SMILES string of the molecule is CC(C)C[C@@H](NC(=O)CCc1ccc(C(C)(C)C)cc1)c1ccccc1. The van der Waals surface area contributed by atoms with Crippen LogP contribution in [-0.4, -0.2) is 5.91 Å². The van der Waals surface area contributed by atoms with Crippen LogP contribution in [0.4, 0.5) is 0 Å². The van der Waals surface area contributed by atoms with E-state index < -0.39 is 0 Å². The summed E-state index contributed by atoms with van der Waals surface area (Å²) in [5, 5.41) is 3.23. The molecule has 2 aromatic carbocycles. The molecule has 1 N–H and O–H groups in total. The molecule has 0 saturated heterocycles. The van der Waals surface area contributed by atoms with Crippen molar-refractivity contribution in [3.8, 4) is 0 Å². The average Bonchev–Trinajstić information content (AvgIpc) is 2.59. The van der Waals surface area contributed by atoms with E-state index in [9.17, 15) is 4.79 Å². The Labute approximate surface area is 159 Å². The maximum atomic E-state index is 12.5. The Morgan fingerprint density at radius 1 is 0.962 bits per heavy atom. The molecule has 0 aliphatic rings. The first kappa shape index (κ1) is 20.2. The van der Waals surface area contributed by atoms with Crippen LogP contribution in [-0.2, 0) is 16.6 Å². The summed E-state index contributed by atoms with van der Waals surface area (Å²) in [7, 11) is 0. The van der Waals surface area contributed by atoms with Gasteiger partial charge < -0.3 is 5.32 Å². The first-order chi connectivity index (χ1) is 12.3. The monoisotopic (exact) mass is 351 g/mol. The van der Waals surface area contributed by atoms with Crippen molar-refractivity contribution in [3.05, 3.63) is 71.3 Å². The minimum atomic E-state index is 0.0898. The van der Waals surface area contributed by atoms with Crippen molar-refractivity contribution in [2.24, 2.45) is 5.92 Å². The Hall–Kier alpha value is -2.09. The van der Waals surface area contributed by atoms with Crippen molar-refractivity contribution in [3.63, 3.8) is 0 Å². The Morgan fingerprint density at radius 3 is 2.12 bits per heavy atom. The lowest BCUT2D eigenvalue weighted by atomic mass is 9.86. The molecule has 1 amide bonds. The van der Waals surface area contributed by atoms with E-state index >= 15 is 0 Å². The molecule has 0 aromatic heterocycles. The first-order valence-electron chi connectivity index (χ1n) is 9.69. The molecule has 1 atom stereocenters. The number of rotatable bonds is 7. The summed E-state index contributed by atoms with van der Waals surface area (Å²) in [6.07, 6.45) is 2.26. The number of carbonyl (C=O) groups excluding carboxylic acids is 1. The molecule has 2 nitrogen and oxygen atoms in total. The molecule has 0 unspecified atom stereocenters. The minimum Gasteiger partial charge on any atom is -0.349 e. The smallest absolute Gasteiger partial charge is 0.220 e. The van der Waals surface area contributed by atoms with Crippen LogP contribution in [0.5, 0.6) is 0 Å². The molecule has 2 aromatic rings. The Morgan fingerprint density at radius 2 is 1.58 bits per heavy atom. The molecule has 0 spiro atoms. The Kier molecular flexibility index (Phi) is 7.02. The van der Waals surface area contributed by atoms with Crippen LogP contribution in [0.2, 0.25) is 0 Å². The number of hydrogen-bond donors (Lipinski definition) is 1. The lowest BCUT2D eigenvalue weighted by Crippen LogP contribution is -2.29. The highest BCUT2D eigenvalue weighted by Gasteiger charge is 2.16. The third-order valence-electron chi connectivity index (χ3n) is 4.70. The van der Waals surface area contributed by atoms with Crippen molar-refractivity contribution in [2.45, 2.75) is 65.3 Å². The summed E-state index contributed by atoms with van der Waals surface area (Å²) in [5.74, 6) is 0.657. The molecular formula is C24H33NO. The highest BCUT2D eigenvalue weighted by Crippen LogP contribution is 2.23. The molecule has 0 saturated carbocycles. The van der Waals surface area contributed by atoms with E-state index in [1.165, 1.54) is 16.7 Å². The lowest BCUT2D eigenvalue weighted by Gasteiger charge is -2.21. The summed E-state index contributed by atoms with van der Waals surface area (Å²) in [4.78, 5) is 12.5. The third-order valence-corrected chi connectivity index (χ3v) is 4.70. The van der Waals surface area contributed by atoms with Crippen LogP contribution in [0, 0.1) is 5.92 Å². The summed E-state index contributed by atoms with van der Waals surface area (Å²) in [5.41, 5.74) is 3.89. The average molecular weight is 352 g/mol. The van der Waals surface area contributed by atoms with Gasteiger partial charge in [0, 0.05) is 6.42 Å². The molecule has 2 rings (SSSR count). The van der Waals surface area contributed by atoms with E-state index in [-0.39, 0.29) is 17.4 Å². The van der Waals surface area contributed by atoms with Crippen LogP contribution in [0.1, 0.15) is 70.2 Å². The van der Waals surface area contributed by atoms with E-state index in [1.807, 2.05) is 18.2 Å². The van der Waals surface area contributed by atoms with E-state index in [4.69, 9.17) is 0 Å². The van der Waals surface area contributed by atoms with Crippen molar-refractivity contribution in [1.82, 2.24) is 5.32 Å². The van der Waals surface area contributed by atoms with Crippen LogP contribution >= 0.6 is 0 Å². The van der Waals surface area contributed by atoms with E-state index in [2.05, 4.69) is 76.3 Å². The molecule has 0 bridgehead atoms. The van der Waals surface area contributed by atoms with Gasteiger partial charge in [0.2, 0.25) is 5.91 Å². The predicted octanol–water partition coefficient (Wildman–Crippen LogP) is 5.82. The number of aryl methyl sites for hydroxylation is 1. The second-order valence-corrected chi connectivity index (χ2v) is 8.61. The summed E-state index contributed by atoms with van der Waals surface area (Å²) >= 11 is 0. The Bertz CT molecular complexity index is 680. The molecule has 26 heavy (non-hydrogen) atoms. The quantitative estimate of drug-likeness (QED) is 0.669. The van der Waals surface area contributed by atoms with Gasteiger partial charge in [0.1, 0.15) is 0 Å². The van der Waals surface area contributed by atoms with Crippen LogP contribution in [0.3, 0.4) is 0 Å². The van der Waals surface area contributed by atoms with Crippen molar-refractivity contribution in [2.75, 3.05) is 0 Å². The van der Waals surface area contributed by atoms with Crippen LogP contribution in [0.15, 0.2) is 54.6 Å². The molecule has 0 fully saturated rings. The largest absolute Gasteiger partial charge is 0.349 e. The number of hydrogen-bond acceptors (Lipinski definition) is 1. The zero-order chi connectivity index (χ0) is 19.2. The number of amides is 1. The maximum Gasteiger partial charge on any atom is 0.220 e. The van der Waals surface area contributed by atoms with Gasteiger partial charge in [-0.3, -0.25) is 4.79 Å². The zero-order valence-electron chi connectivity index (χ0n) is 16.9. The predicted molar refractivity (Wildman–Crippen MR) is 110 cm³/mol. The van der Waals surface area contributed by atoms with Gasteiger partial charge in [-0.1, -0.05) is 89.2 Å². The van der Waals surface area contributed by atoms with E-state index in [0.29, 0.717) is 12.3 Å². The van der Waals surface area contributed by atoms with Gasteiger partial charge in [-0.25, -0.2) is 0 Å². The van der Waals surface area contributed by atoms with Crippen LogP contribution < -0.4 is 5.32 Å². The highest BCUT2D eigenvalue weighted by molar-refractivity contribution is 5.76. The van der Waals surface area contributed by atoms with Crippen molar-refractivity contribution < 1.29 is 4.79 Å². The topological polar surface area (TPSA) is 29.1 Å². The van der Waals surface area contributed by atoms with Gasteiger partial charge in [-0.15, -0.1) is 0 Å². The fraction of sp³-hybridized carbons (Fsp3) is 0.458. The molecule has 0 aliphatic heterocycles. The summed E-state index contributed by atoms with van der Waals surface area (Å²) in [6, 6.07) is 19.0. The molecule has 0 aliphatic carbocycles. The van der Waals surface area contributed by atoms with Crippen molar-refractivity contribution >= 4 is 5.91 Å². The van der Waals surface area contributed by atoms with Gasteiger partial charge in [0.25, 0.3) is 0 Å². The fourth-order valence-electron chi connectivity index (χ4n) is 3.13. The van der Waals surface area contributed by atoms with Gasteiger partial charge in [0.05, 0.1) is 6.04 Å². The summed E-state index contributed by atoms with van der Waals surface area (Å²) in [6.45, 7) is 11.0. The molecule has 140 valence electrons. The second-order valence-electron chi connectivity index (χ2n) is 8.61. The van der Waals surface area contributed by atoms with E-state index in [1.54, 1.807) is 0 Å². The maximum absolute atomic E-state index is 12.5. The molecule has 2 heteroatoms. The zero-order valence-corrected chi connectivity index (χ0v) is 16.9.